The van der Waals surface area contributed by atoms with Gasteiger partial charge in [0.05, 0.1) is 23.4 Å². The van der Waals surface area contributed by atoms with E-state index in [-0.39, 0.29) is 49.2 Å². The summed E-state index contributed by atoms with van der Waals surface area (Å²) in [5, 5.41) is 10.5. The molecule has 45 heavy (non-hydrogen) atoms. The first-order chi connectivity index (χ1) is 21.5. The Morgan fingerprint density at radius 2 is 1.73 bits per heavy atom. The average Bonchev–Trinajstić information content (AvgIpc) is 3.62. The molecule has 2 amide bonds. The lowest BCUT2D eigenvalue weighted by atomic mass is 10.0. The van der Waals surface area contributed by atoms with Crippen LogP contribution in [0.4, 0.5) is 10.6 Å². The molecule has 1 heterocycles. The minimum absolute atomic E-state index is 0.00156. The van der Waals surface area contributed by atoms with Crippen LogP contribution in [0.3, 0.4) is 0 Å². The molecule has 0 unspecified atom stereocenters. The summed E-state index contributed by atoms with van der Waals surface area (Å²) < 4.78 is 24.5. The molecule has 2 aromatic carbocycles. The van der Waals surface area contributed by atoms with Gasteiger partial charge in [-0.25, -0.2) is 9.48 Å². The van der Waals surface area contributed by atoms with Crippen molar-refractivity contribution in [2.24, 2.45) is 0 Å². The van der Waals surface area contributed by atoms with Gasteiger partial charge >= 0.3 is 6.09 Å². The number of ether oxygens (including phenoxy) is 4. The van der Waals surface area contributed by atoms with Gasteiger partial charge in [0.25, 0.3) is 5.91 Å². The Morgan fingerprint density at radius 1 is 1.02 bits per heavy atom. The Bertz CT molecular complexity index is 1460. The molecule has 0 saturated heterocycles. The van der Waals surface area contributed by atoms with Crippen LogP contribution < -0.4 is 20.1 Å². The molecule has 1 aliphatic rings. The van der Waals surface area contributed by atoms with Gasteiger partial charge in [-0.05, 0) is 77.1 Å². The summed E-state index contributed by atoms with van der Waals surface area (Å²) in [6, 6.07) is 14.9. The largest absolute Gasteiger partial charge is 0.488 e. The number of methoxy groups -OCH3 is 1. The number of benzene rings is 2. The molecule has 3 aromatic rings. The Balaban J connectivity index is 1.45. The van der Waals surface area contributed by atoms with Crippen molar-refractivity contribution < 1.29 is 33.3 Å². The number of nitrogens with one attached hydrogen (secondary N) is 2. The Hall–Kier alpha value is -4.38. The van der Waals surface area contributed by atoms with Crippen molar-refractivity contribution in [1.29, 1.82) is 0 Å². The van der Waals surface area contributed by atoms with Crippen LogP contribution in [0, 0.1) is 0 Å². The van der Waals surface area contributed by atoms with E-state index in [1.807, 2.05) is 71.0 Å². The highest BCUT2D eigenvalue weighted by atomic mass is 16.6. The molecular weight excluding hydrogens is 576 g/mol. The van der Waals surface area contributed by atoms with Gasteiger partial charge in [-0.1, -0.05) is 30.3 Å². The second-order valence-electron chi connectivity index (χ2n) is 12.5. The van der Waals surface area contributed by atoms with E-state index in [9.17, 15) is 14.4 Å². The van der Waals surface area contributed by atoms with Crippen LogP contribution in [0.2, 0.25) is 0 Å². The van der Waals surface area contributed by atoms with Crippen LogP contribution in [0.15, 0.2) is 48.5 Å². The van der Waals surface area contributed by atoms with Gasteiger partial charge < -0.3 is 29.6 Å². The summed E-state index contributed by atoms with van der Waals surface area (Å²) in [7, 11) is 1.57. The lowest BCUT2D eigenvalue weighted by Crippen LogP contribution is -2.33. The highest BCUT2D eigenvalue weighted by Gasteiger charge is 2.32. The third-order valence-corrected chi connectivity index (χ3v) is 7.30. The van der Waals surface area contributed by atoms with Crippen LogP contribution >= 0.6 is 0 Å². The topological polar surface area (TPSA) is 130 Å². The second-order valence-corrected chi connectivity index (χ2v) is 12.5. The number of nitrogens with zero attached hydrogens (tertiary/aromatic N) is 2. The maximum absolute atomic E-state index is 13.2. The standard InChI is InChI=1S/C34H44N4O7/c1-22(2)35-33(41)45-26-13-12-25(16-26)28-17-31(38(37-28)34(3,4)5)36-32(40)21-44-30-15-24(19-42-6)14-29(27(30)18-39)43-20-23-10-8-7-9-11-23/h7-11,14-15,17-18,22,25-26H,12-13,16,19-21H2,1-6H3,(H,35,41)(H,36,40)/t25-,26+/m0/s1. The highest BCUT2D eigenvalue weighted by molar-refractivity contribution is 5.91. The number of hydrogen-bond donors (Lipinski definition) is 2. The Morgan fingerprint density at radius 3 is 2.38 bits per heavy atom. The van der Waals surface area contributed by atoms with E-state index < -0.39 is 17.5 Å². The van der Waals surface area contributed by atoms with Crippen molar-refractivity contribution in [1.82, 2.24) is 15.1 Å². The summed E-state index contributed by atoms with van der Waals surface area (Å²) in [5.41, 5.74) is 2.29. The van der Waals surface area contributed by atoms with Gasteiger partial charge in [0, 0.05) is 25.1 Å². The number of rotatable bonds is 13. The first-order valence-electron chi connectivity index (χ1n) is 15.2. The van der Waals surface area contributed by atoms with Crippen molar-refractivity contribution in [2.45, 2.75) is 90.7 Å². The summed E-state index contributed by atoms with van der Waals surface area (Å²) in [4.78, 5) is 37.4. The summed E-state index contributed by atoms with van der Waals surface area (Å²) in [6.07, 6.45) is 2.27. The van der Waals surface area contributed by atoms with E-state index in [4.69, 9.17) is 24.0 Å². The molecule has 2 N–H and O–H groups in total. The maximum atomic E-state index is 13.2. The number of hydrogen-bond acceptors (Lipinski definition) is 8. The van der Waals surface area contributed by atoms with Gasteiger partial charge in [0.1, 0.15) is 30.0 Å². The molecule has 11 heteroatoms. The lowest BCUT2D eigenvalue weighted by Gasteiger charge is -2.22. The van der Waals surface area contributed by atoms with Gasteiger partial charge in [0.2, 0.25) is 0 Å². The van der Waals surface area contributed by atoms with E-state index in [0.717, 1.165) is 29.7 Å². The maximum Gasteiger partial charge on any atom is 0.407 e. The quantitative estimate of drug-likeness (QED) is 0.224. The van der Waals surface area contributed by atoms with Crippen LogP contribution in [-0.4, -0.2) is 53.9 Å². The van der Waals surface area contributed by atoms with Crippen molar-refractivity contribution in [2.75, 3.05) is 19.0 Å². The molecule has 1 saturated carbocycles. The van der Waals surface area contributed by atoms with Gasteiger partial charge in [-0.15, -0.1) is 0 Å². The number of anilines is 1. The minimum Gasteiger partial charge on any atom is -0.488 e. The molecule has 0 spiro atoms. The minimum atomic E-state index is -0.419. The van der Waals surface area contributed by atoms with E-state index in [1.54, 1.807) is 23.9 Å². The molecule has 242 valence electrons. The van der Waals surface area contributed by atoms with Crippen molar-refractivity contribution in [3.63, 3.8) is 0 Å². The van der Waals surface area contributed by atoms with Gasteiger partial charge in [-0.2, -0.15) is 5.10 Å². The Kier molecular flexibility index (Phi) is 11.2. The molecule has 2 atom stereocenters. The SMILES string of the molecule is COCc1cc(OCC(=O)Nc2cc([C@H]3CC[C@@H](OC(=O)NC(C)C)C3)nn2C(C)(C)C)c(C=O)c(OCc2ccccc2)c1. The molecule has 0 aliphatic heterocycles. The van der Waals surface area contributed by atoms with Crippen LogP contribution in [0.25, 0.3) is 0 Å². The molecule has 11 nitrogen and oxygen atoms in total. The number of carbonyl (C=O) groups is 3. The molecule has 4 rings (SSSR count). The zero-order valence-corrected chi connectivity index (χ0v) is 26.9. The summed E-state index contributed by atoms with van der Waals surface area (Å²) in [5.74, 6) is 0.774. The normalized spacial score (nSPS) is 16.3. The fourth-order valence-corrected chi connectivity index (χ4v) is 5.25. The summed E-state index contributed by atoms with van der Waals surface area (Å²) in [6.45, 7) is 9.96. The number of aromatic nitrogens is 2. The second kappa shape index (κ2) is 15.1. The van der Waals surface area contributed by atoms with Crippen LogP contribution in [0.5, 0.6) is 11.5 Å². The number of aldehydes is 1. The van der Waals surface area contributed by atoms with Crippen molar-refractivity contribution in [3.05, 3.63) is 70.9 Å². The molecule has 0 radical (unpaired) electrons. The van der Waals surface area contributed by atoms with Gasteiger partial charge in [-0.3, -0.25) is 9.59 Å². The lowest BCUT2D eigenvalue weighted by molar-refractivity contribution is -0.118. The zero-order chi connectivity index (χ0) is 32.6. The first kappa shape index (κ1) is 33.5. The monoisotopic (exact) mass is 620 g/mol. The molecule has 1 aliphatic carbocycles. The van der Waals surface area contributed by atoms with Crippen molar-refractivity contribution in [3.8, 4) is 11.5 Å². The van der Waals surface area contributed by atoms with Gasteiger partial charge in [0.15, 0.2) is 12.9 Å². The Labute approximate surface area is 264 Å². The highest BCUT2D eigenvalue weighted by Crippen LogP contribution is 2.37. The third-order valence-electron chi connectivity index (χ3n) is 7.30. The zero-order valence-electron chi connectivity index (χ0n) is 26.9. The van der Waals surface area contributed by atoms with E-state index in [1.165, 1.54) is 0 Å². The van der Waals surface area contributed by atoms with Crippen LogP contribution in [-0.2, 0) is 33.0 Å². The summed E-state index contributed by atoms with van der Waals surface area (Å²) >= 11 is 0. The number of carbonyl (C=O) groups excluding carboxylic acids is 3. The molecular formula is C34H44N4O7. The molecule has 1 aromatic heterocycles. The predicted molar refractivity (Wildman–Crippen MR) is 170 cm³/mol. The first-order valence-corrected chi connectivity index (χ1v) is 15.2. The predicted octanol–water partition coefficient (Wildman–Crippen LogP) is 5.96. The van der Waals surface area contributed by atoms with E-state index in [0.29, 0.717) is 24.3 Å². The third kappa shape index (κ3) is 9.31. The smallest absolute Gasteiger partial charge is 0.407 e. The van der Waals surface area contributed by atoms with Crippen molar-refractivity contribution >= 4 is 24.1 Å². The molecule has 0 bridgehead atoms. The average molecular weight is 621 g/mol. The fraction of sp³-hybridized carbons (Fsp3) is 0.471. The van der Waals surface area contributed by atoms with E-state index >= 15 is 0 Å². The van der Waals surface area contributed by atoms with Crippen LogP contribution in [0.1, 0.15) is 87.0 Å². The van der Waals surface area contributed by atoms with E-state index in [2.05, 4.69) is 10.6 Å². The number of amides is 2. The molecule has 1 fully saturated rings. The number of alkyl carbamates (subject to hydrolysis) is 1. The fourth-order valence-electron chi connectivity index (χ4n) is 5.25.